The zero-order valence-corrected chi connectivity index (χ0v) is 18.1. The van der Waals surface area contributed by atoms with Crippen LogP contribution in [0.25, 0.3) is 10.8 Å². The first-order valence-corrected chi connectivity index (χ1v) is 12.0. The van der Waals surface area contributed by atoms with Crippen LogP contribution in [0.2, 0.25) is 0 Å². The predicted molar refractivity (Wildman–Crippen MR) is 127 cm³/mol. The smallest absolute Gasteiger partial charge is 0.224 e. The lowest BCUT2D eigenvalue weighted by molar-refractivity contribution is -0.116. The SMILES string of the molecule is O=C(CCc1cccc2ccccc12)Nc1ccc(C23CC4CC(CC(C4)C2)C3)cc1. The van der Waals surface area contributed by atoms with E-state index >= 15 is 0 Å². The number of benzene rings is 3. The van der Waals surface area contributed by atoms with Crippen LogP contribution in [0.3, 0.4) is 0 Å². The molecule has 0 spiro atoms. The number of fused-ring (bicyclic) bond motifs is 1. The molecule has 3 aromatic carbocycles. The van der Waals surface area contributed by atoms with Crippen molar-refractivity contribution < 1.29 is 4.79 Å². The molecule has 1 N–H and O–H groups in total. The van der Waals surface area contributed by atoms with Gasteiger partial charge >= 0.3 is 0 Å². The van der Waals surface area contributed by atoms with Crippen LogP contribution < -0.4 is 5.32 Å². The lowest BCUT2D eigenvalue weighted by Gasteiger charge is -2.57. The zero-order valence-electron chi connectivity index (χ0n) is 18.1. The third kappa shape index (κ3) is 3.56. The van der Waals surface area contributed by atoms with Gasteiger partial charge in [-0.2, -0.15) is 0 Å². The van der Waals surface area contributed by atoms with Gasteiger partial charge in [-0.15, -0.1) is 0 Å². The summed E-state index contributed by atoms with van der Waals surface area (Å²) >= 11 is 0. The second-order valence-corrected chi connectivity index (χ2v) is 10.5. The van der Waals surface area contributed by atoms with E-state index in [1.54, 1.807) is 0 Å². The molecule has 0 radical (unpaired) electrons. The summed E-state index contributed by atoms with van der Waals surface area (Å²) in [5.41, 5.74) is 4.10. The standard InChI is InChI=1S/C29H31NO/c31-28(13-8-24-6-3-5-23-4-1-2-7-27(23)24)30-26-11-9-25(10-12-26)29-17-20-14-21(18-29)16-22(15-20)19-29/h1-7,9-12,20-22H,8,13-19H2,(H,30,31). The Morgan fingerprint density at radius 1 is 0.806 bits per heavy atom. The van der Waals surface area contributed by atoms with Crippen molar-refractivity contribution in [2.24, 2.45) is 17.8 Å². The highest BCUT2D eigenvalue weighted by Crippen LogP contribution is 2.60. The fourth-order valence-corrected chi connectivity index (χ4v) is 7.35. The Morgan fingerprint density at radius 3 is 2.16 bits per heavy atom. The minimum absolute atomic E-state index is 0.0930. The van der Waals surface area contributed by atoms with Gasteiger partial charge < -0.3 is 5.32 Å². The number of hydrogen-bond acceptors (Lipinski definition) is 1. The second-order valence-electron chi connectivity index (χ2n) is 10.5. The summed E-state index contributed by atoms with van der Waals surface area (Å²) in [4.78, 5) is 12.6. The van der Waals surface area contributed by atoms with Crippen LogP contribution in [-0.4, -0.2) is 5.91 Å². The van der Waals surface area contributed by atoms with Gasteiger partial charge in [-0.05, 0) is 102 Å². The van der Waals surface area contributed by atoms with Crippen molar-refractivity contribution in [3.63, 3.8) is 0 Å². The van der Waals surface area contributed by atoms with E-state index in [0.717, 1.165) is 29.9 Å². The number of hydrogen-bond donors (Lipinski definition) is 1. The topological polar surface area (TPSA) is 29.1 Å². The molecule has 4 aliphatic carbocycles. The van der Waals surface area contributed by atoms with Crippen molar-refractivity contribution in [1.82, 2.24) is 0 Å². The molecule has 4 bridgehead atoms. The predicted octanol–water partition coefficient (Wildman–Crippen LogP) is 6.88. The molecular weight excluding hydrogens is 378 g/mol. The molecule has 4 fully saturated rings. The largest absolute Gasteiger partial charge is 0.326 e. The molecule has 0 unspecified atom stereocenters. The van der Waals surface area contributed by atoms with Gasteiger partial charge in [0.15, 0.2) is 0 Å². The van der Waals surface area contributed by atoms with Gasteiger partial charge in [-0.3, -0.25) is 4.79 Å². The molecule has 3 aromatic rings. The van der Waals surface area contributed by atoms with E-state index in [9.17, 15) is 4.79 Å². The Balaban J connectivity index is 1.11. The lowest BCUT2D eigenvalue weighted by atomic mass is 9.48. The van der Waals surface area contributed by atoms with E-state index in [4.69, 9.17) is 0 Å². The van der Waals surface area contributed by atoms with Crippen molar-refractivity contribution >= 4 is 22.4 Å². The van der Waals surface area contributed by atoms with Gasteiger partial charge in [-0.1, -0.05) is 54.6 Å². The van der Waals surface area contributed by atoms with Gasteiger partial charge in [0.05, 0.1) is 0 Å². The summed E-state index contributed by atoms with van der Waals surface area (Å²) in [7, 11) is 0. The quantitative estimate of drug-likeness (QED) is 0.489. The molecule has 0 aliphatic heterocycles. The third-order valence-corrected chi connectivity index (χ3v) is 8.32. The first kappa shape index (κ1) is 19.1. The van der Waals surface area contributed by atoms with E-state index in [-0.39, 0.29) is 5.91 Å². The second kappa shape index (κ2) is 7.51. The van der Waals surface area contributed by atoms with Gasteiger partial charge in [0, 0.05) is 12.1 Å². The summed E-state index contributed by atoms with van der Waals surface area (Å²) in [6, 6.07) is 23.6. The fraction of sp³-hybridized carbons (Fsp3) is 0.414. The maximum absolute atomic E-state index is 12.6. The Bertz CT molecular complexity index is 1070. The van der Waals surface area contributed by atoms with Crippen molar-refractivity contribution in [2.45, 2.75) is 56.8 Å². The monoisotopic (exact) mass is 409 g/mol. The summed E-state index contributed by atoms with van der Waals surface area (Å²) in [5, 5.41) is 5.61. The number of aryl methyl sites for hydroxylation is 1. The normalized spacial score (nSPS) is 28.7. The van der Waals surface area contributed by atoms with Crippen LogP contribution in [0.1, 0.15) is 56.1 Å². The van der Waals surface area contributed by atoms with Crippen LogP contribution >= 0.6 is 0 Å². The van der Waals surface area contributed by atoms with Crippen molar-refractivity contribution in [3.8, 4) is 0 Å². The summed E-state index contributed by atoms with van der Waals surface area (Å²) in [6.45, 7) is 0. The van der Waals surface area contributed by atoms with Crippen molar-refractivity contribution in [2.75, 3.05) is 5.32 Å². The molecule has 4 aliphatic rings. The maximum atomic E-state index is 12.6. The Hall–Kier alpha value is -2.61. The number of anilines is 1. The first-order chi connectivity index (χ1) is 15.2. The number of carbonyl (C=O) groups excluding carboxylic acids is 1. The average molecular weight is 410 g/mol. The van der Waals surface area contributed by atoms with Gasteiger partial charge in [-0.25, -0.2) is 0 Å². The molecule has 7 rings (SSSR count). The van der Waals surface area contributed by atoms with Crippen LogP contribution in [0.4, 0.5) is 5.69 Å². The zero-order chi connectivity index (χ0) is 20.8. The summed E-state index contributed by atoms with van der Waals surface area (Å²) in [6.07, 6.45) is 9.85. The molecule has 0 saturated heterocycles. The third-order valence-electron chi connectivity index (χ3n) is 8.32. The average Bonchev–Trinajstić information content (AvgIpc) is 2.77. The number of rotatable bonds is 5. The lowest BCUT2D eigenvalue weighted by Crippen LogP contribution is -2.48. The molecule has 0 aromatic heterocycles. The minimum Gasteiger partial charge on any atom is -0.326 e. The number of carbonyl (C=O) groups is 1. The van der Waals surface area contributed by atoms with Crippen molar-refractivity contribution in [1.29, 1.82) is 0 Å². The van der Waals surface area contributed by atoms with Gasteiger partial charge in [0.2, 0.25) is 5.91 Å². The molecule has 2 heteroatoms. The van der Waals surface area contributed by atoms with Crippen LogP contribution in [0.15, 0.2) is 66.7 Å². The van der Waals surface area contributed by atoms with Crippen LogP contribution in [0, 0.1) is 17.8 Å². The fourth-order valence-electron chi connectivity index (χ4n) is 7.35. The number of nitrogens with one attached hydrogen (secondary N) is 1. The Labute approximate surface area is 185 Å². The van der Waals surface area contributed by atoms with E-state index in [0.29, 0.717) is 11.8 Å². The molecule has 0 heterocycles. The molecule has 4 saturated carbocycles. The molecule has 1 amide bonds. The van der Waals surface area contributed by atoms with E-state index in [2.05, 4.69) is 72.0 Å². The Morgan fingerprint density at radius 2 is 1.45 bits per heavy atom. The number of amides is 1. The molecule has 0 atom stereocenters. The van der Waals surface area contributed by atoms with Crippen LogP contribution in [0.5, 0.6) is 0 Å². The maximum Gasteiger partial charge on any atom is 0.224 e. The summed E-state index contributed by atoms with van der Waals surface area (Å²) < 4.78 is 0. The van der Waals surface area contributed by atoms with E-state index in [1.807, 2.05) is 0 Å². The summed E-state index contributed by atoms with van der Waals surface area (Å²) in [5.74, 6) is 2.97. The van der Waals surface area contributed by atoms with Gasteiger partial charge in [0.1, 0.15) is 0 Å². The van der Waals surface area contributed by atoms with E-state index < -0.39 is 0 Å². The van der Waals surface area contributed by atoms with Crippen LogP contribution in [-0.2, 0) is 16.6 Å². The highest BCUT2D eigenvalue weighted by Gasteiger charge is 2.51. The molecule has 31 heavy (non-hydrogen) atoms. The van der Waals surface area contributed by atoms with E-state index in [1.165, 1.54) is 60.4 Å². The molecular formula is C29H31NO. The molecule has 2 nitrogen and oxygen atoms in total. The van der Waals surface area contributed by atoms with Crippen molar-refractivity contribution in [3.05, 3.63) is 77.9 Å². The minimum atomic E-state index is 0.0930. The first-order valence-electron chi connectivity index (χ1n) is 12.0. The Kier molecular flexibility index (Phi) is 4.63. The van der Waals surface area contributed by atoms with Gasteiger partial charge in [0.25, 0.3) is 0 Å². The highest BCUT2D eigenvalue weighted by molar-refractivity contribution is 5.91. The highest BCUT2D eigenvalue weighted by atomic mass is 16.1. The molecule has 158 valence electrons.